The molecule has 0 radical (unpaired) electrons. The number of aromatic carboxylic acids is 1. The minimum absolute atomic E-state index is 0. The average molecular weight is 323 g/mol. The fourth-order valence-electron chi connectivity index (χ4n) is 2.22. The first-order valence-corrected chi connectivity index (χ1v) is 6.44. The van der Waals surface area contributed by atoms with Gasteiger partial charge in [-0.3, -0.25) is 0 Å². The van der Waals surface area contributed by atoms with E-state index in [2.05, 4.69) is 10.1 Å². The largest absolute Gasteiger partial charge is 1.00 e. The van der Waals surface area contributed by atoms with Crippen LogP contribution in [0.4, 0.5) is 4.39 Å². The van der Waals surface area contributed by atoms with E-state index in [0.717, 1.165) is 0 Å². The van der Waals surface area contributed by atoms with Crippen LogP contribution in [0.3, 0.4) is 0 Å². The molecule has 2 aromatic heterocycles. The molecule has 0 fully saturated rings. The summed E-state index contributed by atoms with van der Waals surface area (Å²) in [7, 11) is 1.51. The molecule has 0 N–H and O–H groups in total. The van der Waals surface area contributed by atoms with Gasteiger partial charge < -0.3 is 14.6 Å². The van der Waals surface area contributed by atoms with Crippen molar-refractivity contribution in [2.45, 2.75) is 6.61 Å². The van der Waals surface area contributed by atoms with Gasteiger partial charge in [-0.25, -0.2) is 13.9 Å². The average Bonchev–Trinajstić information content (AvgIpc) is 2.91. The van der Waals surface area contributed by atoms with Crippen LogP contribution in [-0.2, 0) is 11.3 Å². The summed E-state index contributed by atoms with van der Waals surface area (Å²) in [6.07, 6.45) is 1.17. The van der Waals surface area contributed by atoms with Gasteiger partial charge in [-0.1, -0.05) is 12.1 Å². The van der Waals surface area contributed by atoms with Crippen LogP contribution in [-0.4, -0.2) is 27.7 Å². The topological polar surface area (TPSA) is 79.5 Å². The number of hydrogen-bond acceptors (Lipinski definition) is 5. The second-order valence-electron chi connectivity index (χ2n) is 4.66. The Bertz CT molecular complexity index is 866. The molecule has 3 aromatic rings. The molecule has 0 saturated carbocycles. The zero-order valence-electron chi connectivity index (χ0n) is 12.6. The van der Waals surface area contributed by atoms with E-state index in [4.69, 9.17) is 4.74 Å². The van der Waals surface area contributed by atoms with Gasteiger partial charge in [-0.2, -0.15) is 5.10 Å². The smallest absolute Gasteiger partial charge is 0.545 e. The summed E-state index contributed by atoms with van der Waals surface area (Å²) in [5.41, 5.74) is 1.57. The van der Waals surface area contributed by atoms with Crippen LogP contribution in [0, 0.1) is 5.82 Å². The molecular formula is C15H11FN3NaO3. The number of carboxylic acids is 1. The van der Waals surface area contributed by atoms with E-state index >= 15 is 0 Å². The Labute approximate surface area is 153 Å². The fraction of sp³-hybridized carbons (Fsp3) is 0.133. The maximum Gasteiger partial charge on any atom is 1.00 e. The van der Waals surface area contributed by atoms with E-state index < -0.39 is 11.8 Å². The van der Waals surface area contributed by atoms with Crippen LogP contribution in [0.2, 0.25) is 0 Å². The minimum atomic E-state index is -1.37. The predicted octanol–water partition coefficient (Wildman–Crippen LogP) is -1.95. The van der Waals surface area contributed by atoms with Gasteiger partial charge in [0.05, 0.1) is 35.7 Å². The molecule has 0 spiro atoms. The van der Waals surface area contributed by atoms with Crippen LogP contribution in [0.1, 0.15) is 16.1 Å². The van der Waals surface area contributed by atoms with Gasteiger partial charge in [-0.05, 0) is 18.2 Å². The van der Waals surface area contributed by atoms with Crippen LogP contribution in [0.5, 0.6) is 0 Å². The Hall–Kier alpha value is -1.80. The standard InChI is InChI=1S/C15H12FN3O3.Na/c1-22-8-11-6-13(9-3-2-4-10(16)5-9)18-14-12(15(20)21)7-17-19(11)14;/h2-7H,8H2,1H3,(H,20,21);/q;+1/p-1. The summed E-state index contributed by atoms with van der Waals surface area (Å²) in [4.78, 5) is 15.4. The molecule has 0 aliphatic carbocycles. The molecule has 6 nitrogen and oxygen atoms in total. The molecule has 1 aromatic carbocycles. The normalized spacial score (nSPS) is 10.5. The Morgan fingerprint density at radius 3 is 2.83 bits per heavy atom. The van der Waals surface area contributed by atoms with Gasteiger partial charge in [0.2, 0.25) is 0 Å². The van der Waals surface area contributed by atoms with Crippen molar-refractivity contribution in [2.24, 2.45) is 0 Å². The van der Waals surface area contributed by atoms with Crippen molar-refractivity contribution in [1.82, 2.24) is 14.6 Å². The second kappa shape index (κ2) is 7.18. The minimum Gasteiger partial charge on any atom is -0.545 e. The van der Waals surface area contributed by atoms with Gasteiger partial charge >= 0.3 is 29.6 Å². The second-order valence-corrected chi connectivity index (χ2v) is 4.66. The summed E-state index contributed by atoms with van der Waals surface area (Å²) < 4.78 is 19.9. The van der Waals surface area contributed by atoms with E-state index in [1.807, 2.05) is 0 Å². The van der Waals surface area contributed by atoms with Crippen molar-refractivity contribution in [2.75, 3.05) is 7.11 Å². The number of fused-ring (bicyclic) bond motifs is 1. The number of carbonyl (C=O) groups excluding carboxylic acids is 1. The van der Waals surface area contributed by atoms with Crippen molar-refractivity contribution in [1.29, 1.82) is 0 Å². The maximum atomic E-state index is 13.4. The van der Waals surface area contributed by atoms with Crippen molar-refractivity contribution < 1.29 is 48.6 Å². The van der Waals surface area contributed by atoms with Gasteiger partial charge in [0.15, 0.2) is 5.65 Å². The number of nitrogens with zero attached hydrogens (tertiary/aromatic N) is 3. The van der Waals surface area contributed by atoms with Crippen molar-refractivity contribution in [3.63, 3.8) is 0 Å². The predicted molar refractivity (Wildman–Crippen MR) is 73.4 cm³/mol. The van der Waals surface area contributed by atoms with Crippen LogP contribution in [0.15, 0.2) is 36.5 Å². The van der Waals surface area contributed by atoms with E-state index in [9.17, 15) is 14.3 Å². The van der Waals surface area contributed by atoms with Crippen LogP contribution >= 0.6 is 0 Å². The molecule has 0 aliphatic heterocycles. The Balaban J connectivity index is 0.00000192. The molecule has 2 heterocycles. The quantitative estimate of drug-likeness (QED) is 0.522. The van der Waals surface area contributed by atoms with Crippen molar-refractivity contribution >= 4 is 11.6 Å². The van der Waals surface area contributed by atoms with Crippen LogP contribution in [0.25, 0.3) is 16.9 Å². The molecule has 0 saturated heterocycles. The van der Waals surface area contributed by atoms with Crippen LogP contribution < -0.4 is 34.7 Å². The van der Waals surface area contributed by atoms with Gasteiger partial charge in [0.1, 0.15) is 5.82 Å². The van der Waals surface area contributed by atoms with Gasteiger partial charge in [-0.15, -0.1) is 0 Å². The van der Waals surface area contributed by atoms with E-state index in [-0.39, 0.29) is 47.4 Å². The first-order valence-electron chi connectivity index (χ1n) is 6.44. The third-order valence-electron chi connectivity index (χ3n) is 3.18. The maximum absolute atomic E-state index is 13.4. The summed E-state index contributed by atoms with van der Waals surface area (Å²) in [5, 5.41) is 15.1. The van der Waals surface area contributed by atoms with E-state index in [0.29, 0.717) is 17.0 Å². The third-order valence-corrected chi connectivity index (χ3v) is 3.18. The molecule has 0 aliphatic rings. The molecule has 8 heteroatoms. The SMILES string of the molecule is COCc1cc(-c2cccc(F)c2)nc2c(C(=O)[O-])cnn12.[Na+]. The molecule has 0 amide bonds. The van der Waals surface area contributed by atoms with Crippen molar-refractivity contribution in [3.8, 4) is 11.3 Å². The number of hydrogen-bond donors (Lipinski definition) is 0. The number of halogens is 1. The fourth-order valence-corrected chi connectivity index (χ4v) is 2.22. The van der Waals surface area contributed by atoms with Crippen molar-refractivity contribution in [3.05, 3.63) is 53.6 Å². The third kappa shape index (κ3) is 3.42. The number of methoxy groups -OCH3 is 1. The molecule has 112 valence electrons. The first kappa shape index (κ1) is 17.6. The Morgan fingerprint density at radius 1 is 1.39 bits per heavy atom. The van der Waals surface area contributed by atoms with Gasteiger partial charge in [0.25, 0.3) is 0 Å². The Kier molecular flexibility index (Phi) is 5.48. The zero-order valence-corrected chi connectivity index (χ0v) is 14.6. The summed E-state index contributed by atoms with van der Waals surface area (Å²) in [5.74, 6) is -1.77. The summed E-state index contributed by atoms with van der Waals surface area (Å²) in [6.45, 7) is 0.204. The summed E-state index contributed by atoms with van der Waals surface area (Å²) in [6, 6.07) is 7.57. The molecule has 0 atom stereocenters. The monoisotopic (exact) mass is 323 g/mol. The zero-order chi connectivity index (χ0) is 15.7. The molecule has 0 bridgehead atoms. The number of carboxylic acid groups (broad SMARTS) is 1. The van der Waals surface area contributed by atoms with E-state index in [1.165, 1.54) is 30.0 Å². The van der Waals surface area contributed by atoms with E-state index in [1.54, 1.807) is 18.2 Å². The number of benzene rings is 1. The number of rotatable bonds is 4. The molecule has 0 unspecified atom stereocenters. The van der Waals surface area contributed by atoms with Gasteiger partial charge in [0, 0.05) is 12.7 Å². The Morgan fingerprint density at radius 2 is 2.17 bits per heavy atom. The number of ether oxygens (including phenoxy) is 1. The number of aromatic nitrogens is 3. The number of carbonyl (C=O) groups is 1. The molecule has 23 heavy (non-hydrogen) atoms. The summed E-state index contributed by atoms with van der Waals surface area (Å²) >= 11 is 0. The molecule has 3 rings (SSSR count). The molecular weight excluding hydrogens is 312 g/mol. The first-order chi connectivity index (χ1) is 10.6.